The van der Waals surface area contributed by atoms with E-state index < -0.39 is 11.7 Å². The minimum atomic E-state index is -4.40. The third kappa shape index (κ3) is 4.36. The summed E-state index contributed by atoms with van der Waals surface area (Å²) in [5, 5.41) is 0. The third-order valence-electron chi connectivity index (χ3n) is 2.93. The van der Waals surface area contributed by atoms with Crippen LogP contribution in [-0.2, 0) is 19.3 Å². The Morgan fingerprint density at radius 3 is 2.48 bits per heavy atom. The van der Waals surface area contributed by atoms with E-state index in [1.165, 1.54) is 23.5 Å². The topological polar surface area (TPSA) is 29.3 Å². The van der Waals surface area contributed by atoms with Gasteiger partial charge < -0.3 is 5.73 Å². The molecule has 1 heterocycles. The first-order valence-electron chi connectivity index (χ1n) is 6.14. The van der Waals surface area contributed by atoms with Gasteiger partial charge >= 0.3 is 6.18 Å². The highest BCUT2D eigenvalue weighted by Crippen LogP contribution is 2.34. The summed E-state index contributed by atoms with van der Waals surface area (Å²) in [6, 6.07) is 7.54. The Morgan fingerprint density at radius 2 is 1.90 bits per heavy atom. The molecule has 0 unspecified atom stereocenters. The quantitative estimate of drug-likeness (QED) is 0.826. The maximum Gasteiger partial charge on any atom is 0.416 e. The van der Waals surface area contributed by atoms with E-state index in [0.717, 1.165) is 10.9 Å². The van der Waals surface area contributed by atoms with E-state index in [-0.39, 0.29) is 17.8 Å². The summed E-state index contributed by atoms with van der Waals surface area (Å²) < 4.78 is 39.7. The van der Waals surface area contributed by atoms with Gasteiger partial charge in [-0.1, -0.05) is 17.7 Å². The van der Waals surface area contributed by atoms with Gasteiger partial charge in [-0.3, -0.25) is 4.90 Å². The molecule has 0 aliphatic rings. The molecule has 0 amide bonds. The van der Waals surface area contributed by atoms with Crippen molar-refractivity contribution >= 4 is 28.6 Å². The zero-order chi connectivity index (χ0) is 15.6. The molecule has 0 bridgehead atoms. The number of hydrogen-bond donors (Lipinski definition) is 1. The molecule has 0 aliphatic carbocycles. The van der Waals surface area contributed by atoms with E-state index >= 15 is 0 Å². The van der Waals surface area contributed by atoms with Crippen LogP contribution in [0, 0.1) is 0 Å². The summed E-state index contributed by atoms with van der Waals surface area (Å²) in [6.45, 7) is 0.726. The van der Waals surface area contributed by atoms with Crippen LogP contribution in [0.3, 0.4) is 0 Å². The Morgan fingerprint density at radius 1 is 1.19 bits per heavy atom. The van der Waals surface area contributed by atoms with E-state index in [2.05, 4.69) is 0 Å². The number of nitrogens with zero attached hydrogens (tertiary/aromatic N) is 1. The molecular formula is C14H14ClF3N2S. The summed E-state index contributed by atoms with van der Waals surface area (Å²) in [5.41, 5.74) is 5.09. The van der Waals surface area contributed by atoms with E-state index in [1.54, 1.807) is 13.1 Å². The maximum atomic E-state index is 13.0. The molecule has 0 aliphatic heterocycles. The molecule has 1 aromatic heterocycles. The molecule has 0 fully saturated rings. The van der Waals surface area contributed by atoms with Crippen LogP contribution in [0.1, 0.15) is 16.0 Å². The fourth-order valence-corrected chi connectivity index (χ4v) is 3.21. The molecular weight excluding hydrogens is 321 g/mol. The van der Waals surface area contributed by atoms with Crippen molar-refractivity contribution in [2.45, 2.75) is 19.3 Å². The molecule has 1 aromatic carbocycles. The minimum absolute atomic E-state index is 0.110. The summed E-state index contributed by atoms with van der Waals surface area (Å²) in [4.78, 5) is 2.81. The molecule has 0 spiro atoms. The standard InChI is InChI=1S/C14H14ClF3N2S/c1-20(8-11-4-5-13(15)21-11)7-9-2-3-10(19)6-12(9)14(16,17)18/h2-6H,7-8,19H2,1H3. The van der Waals surface area contributed by atoms with Crippen LogP contribution in [-0.4, -0.2) is 11.9 Å². The lowest BCUT2D eigenvalue weighted by atomic mass is 10.1. The van der Waals surface area contributed by atoms with Crippen LogP contribution in [0.2, 0.25) is 4.34 Å². The van der Waals surface area contributed by atoms with Gasteiger partial charge in [-0.25, -0.2) is 0 Å². The van der Waals surface area contributed by atoms with E-state index in [4.69, 9.17) is 17.3 Å². The first-order chi connectivity index (χ1) is 9.75. The van der Waals surface area contributed by atoms with Crippen LogP contribution >= 0.6 is 22.9 Å². The Kier molecular flexibility index (Phi) is 4.81. The van der Waals surface area contributed by atoms with Crippen molar-refractivity contribution in [2.75, 3.05) is 12.8 Å². The van der Waals surface area contributed by atoms with Crippen molar-refractivity contribution in [3.63, 3.8) is 0 Å². The second-order valence-electron chi connectivity index (χ2n) is 4.79. The van der Waals surface area contributed by atoms with Crippen molar-refractivity contribution in [1.82, 2.24) is 4.90 Å². The van der Waals surface area contributed by atoms with Gasteiger partial charge in [0, 0.05) is 23.7 Å². The molecule has 21 heavy (non-hydrogen) atoms. The number of halogens is 4. The Labute approximate surface area is 129 Å². The van der Waals surface area contributed by atoms with Crippen molar-refractivity contribution in [3.8, 4) is 0 Å². The summed E-state index contributed by atoms with van der Waals surface area (Å²) in [6.07, 6.45) is -4.40. The predicted octanol–water partition coefficient (Wildman–Crippen LogP) is 4.63. The van der Waals surface area contributed by atoms with Crippen molar-refractivity contribution in [1.29, 1.82) is 0 Å². The molecule has 2 nitrogen and oxygen atoms in total. The van der Waals surface area contributed by atoms with Gasteiger partial charge in [0.2, 0.25) is 0 Å². The van der Waals surface area contributed by atoms with Crippen LogP contribution in [0.4, 0.5) is 18.9 Å². The summed E-state index contributed by atoms with van der Waals surface area (Å²) in [7, 11) is 1.77. The van der Waals surface area contributed by atoms with Gasteiger partial charge in [0.1, 0.15) is 0 Å². The molecule has 0 radical (unpaired) electrons. The van der Waals surface area contributed by atoms with Gasteiger partial charge in [0.15, 0.2) is 0 Å². The highest BCUT2D eigenvalue weighted by Gasteiger charge is 2.33. The normalized spacial score (nSPS) is 12.1. The van der Waals surface area contributed by atoms with Gasteiger partial charge in [-0.2, -0.15) is 13.2 Å². The number of nitrogens with two attached hydrogens (primary N) is 1. The molecule has 2 rings (SSSR count). The van der Waals surface area contributed by atoms with Gasteiger partial charge in [-0.05, 0) is 36.9 Å². The number of nitrogen functional groups attached to an aromatic ring is 1. The Hall–Kier alpha value is -1.24. The van der Waals surface area contributed by atoms with Crippen molar-refractivity contribution < 1.29 is 13.2 Å². The average molecular weight is 335 g/mol. The minimum Gasteiger partial charge on any atom is -0.399 e. The molecule has 7 heteroatoms. The lowest BCUT2D eigenvalue weighted by Gasteiger charge is -2.19. The first kappa shape index (κ1) is 16.1. The average Bonchev–Trinajstić information content (AvgIpc) is 2.75. The second-order valence-corrected chi connectivity index (χ2v) is 6.59. The van der Waals surface area contributed by atoms with Crippen molar-refractivity contribution in [3.05, 3.63) is 50.7 Å². The Balaban J connectivity index is 2.15. The Bertz CT molecular complexity index is 625. The van der Waals surface area contributed by atoms with Crippen molar-refractivity contribution in [2.24, 2.45) is 0 Å². The molecule has 114 valence electrons. The monoisotopic (exact) mass is 334 g/mol. The zero-order valence-corrected chi connectivity index (χ0v) is 12.8. The SMILES string of the molecule is CN(Cc1ccc(Cl)s1)Cc1ccc(N)cc1C(F)(F)F. The predicted molar refractivity (Wildman–Crippen MR) is 80.4 cm³/mol. The largest absolute Gasteiger partial charge is 0.416 e. The lowest BCUT2D eigenvalue weighted by Crippen LogP contribution is -2.20. The maximum absolute atomic E-state index is 13.0. The highest BCUT2D eigenvalue weighted by molar-refractivity contribution is 7.16. The molecule has 0 atom stereocenters. The fraction of sp³-hybridized carbons (Fsp3) is 0.286. The third-order valence-corrected chi connectivity index (χ3v) is 4.15. The second kappa shape index (κ2) is 6.25. The zero-order valence-electron chi connectivity index (χ0n) is 11.2. The number of thiophene rings is 1. The van der Waals surface area contributed by atoms with Gasteiger partial charge in [0.25, 0.3) is 0 Å². The molecule has 0 saturated carbocycles. The summed E-state index contributed by atoms with van der Waals surface area (Å²) >= 11 is 7.26. The first-order valence-corrected chi connectivity index (χ1v) is 7.33. The molecule has 0 saturated heterocycles. The number of hydrogen-bond acceptors (Lipinski definition) is 3. The number of benzene rings is 1. The van der Waals surface area contributed by atoms with E-state index in [0.29, 0.717) is 10.9 Å². The number of anilines is 1. The molecule has 2 aromatic rings. The lowest BCUT2D eigenvalue weighted by molar-refractivity contribution is -0.138. The van der Waals surface area contributed by atoms with Crippen LogP contribution in [0.5, 0.6) is 0 Å². The van der Waals surface area contributed by atoms with Crippen LogP contribution < -0.4 is 5.73 Å². The smallest absolute Gasteiger partial charge is 0.399 e. The van der Waals surface area contributed by atoms with Gasteiger partial charge in [-0.15, -0.1) is 11.3 Å². The number of alkyl halides is 3. The van der Waals surface area contributed by atoms with Crippen LogP contribution in [0.15, 0.2) is 30.3 Å². The van der Waals surface area contributed by atoms with Gasteiger partial charge in [0.05, 0.1) is 9.90 Å². The van der Waals surface area contributed by atoms with Crippen LogP contribution in [0.25, 0.3) is 0 Å². The number of rotatable bonds is 4. The fourth-order valence-electron chi connectivity index (χ4n) is 2.05. The van der Waals surface area contributed by atoms with E-state index in [1.807, 2.05) is 11.0 Å². The highest BCUT2D eigenvalue weighted by atomic mass is 35.5. The molecule has 2 N–H and O–H groups in total. The van der Waals surface area contributed by atoms with E-state index in [9.17, 15) is 13.2 Å². The summed E-state index contributed by atoms with van der Waals surface area (Å²) in [5.74, 6) is 0.